The summed E-state index contributed by atoms with van der Waals surface area (Å²) in [5.41, 5.74) is 2.04. The van der Waals surface area contributed by atoms with Crippen molar-refractivity contribution >= 4 is 11.8 Å². The molecule has 2 rings (SSSR count). The van der Waals surface area contributed by atoms with Crippen molar-refractivity contribution < 1.29 is 19.1 Å². The van der Waals surface area contributed by atoms with Crippen LogP contribution in [0.1, 0.15) is 24.2 Å². The van der Waals surface area contributed by atoms with E-state index in [9.17, 15) is 9.59 Å². The molecule has 1 aromatic rings. The van der Waals surface area contributed by atoms with Crippen molar-refractivity contribution in [2.24, 2.45) is 5.92 Å². The first-order valence-electron chi connectivity index (χ1n) is 5.93. The molecule has 18 heavy (non-hydrogen) atoms. The minimum atomic E-state index is -0.878. The Bertz CT molecular complexity index is 467. The summed E-state index contributed by atoms with van der Waals surface area (Å²) in [5, 5.41) is 0. The SMILES string of the molecule is COC(=O)C(C(C)=O)C1OCCc2ccccc21. The predicted molar refractivity (Wildman–Crippen MR) is 65.0 cm³/mol. The molecule has 1 heterocycles. The fraction of sp³-hybridized carbons (Fsp3) is 0.429. The summed E-state index contributed by atoms with van der Waals surface area (Å²) in [6.45, 7) is 1.91. The summed E-state index contributed by atoms with van der Waals surface area (Å²) >= 11 is 0. The first-order chi connectivity index (χ1) is 8.65. The molecule has 1 aromatic carbocycles. The van der Waals surface area contributed by atoms with Gasteiger partial charge in [0.15, 0.2) is 0 Å². The largest absolute Gasteiger partial charge is 0.468 e. The average molecular weight is 248 g/mol. The number of fused-ring (bicyclic) bond motifs is 1. The Kier molecular flexibility index (Phi) is 3.77. The second kappa shape index (κ2) is 5.31. The van der Waals surface area contributed by atoms with Gasteiger partial charge in [0, 0.05) is 0 Å². The lowest BCUT2D eigenvalue weighted by Gasteiger charge is -2.29. The zero-order valence-electron chi connectivity index (χ0n) is 10.5. The van der Waals surface area contributed by atoms with Crippen molar-refractivity contribution in [3.8, 4) is 0 Å². The van der Waals surface area contributed by atoms with Gasteiger partial charge in [-0.3, -0.25) is 9.59 Å². The average Bonchev–Trinajstić information content (AvgIpc) is 2.38. The van der Waals surface area contributed by atoms with Crippen molar-refractivity contribution in [3.05, 3.63) is 35.4 Å². The molecule has 1 aliphatic heterocycles. The van der Waals surface area contributed by atoms with E-state index in [4.69, 9.17) is 9.47 Å². The van der Waals surface area contributed by atoms with E-state index in [1.165, 1.54) is 14.0 Å². The monoisotopic (exact) mass is 248 g/mol. The molecule has 1 aliphatic rings. The van der Waals surface area contributed by atoms with Gasteiger partial charge in [0.05, 0.1) is 13.7 Å². The summed E-state index contributed by atoms with van der Waals surface area (Å²) in [5.74, 6) is -1.65. The lowest BCUT2D eigenvalue weighted by molar-refractivity contribution is -0.156. The standard InChI is InChI=1S/C14H16O4/c1-9(15)12(14(16)17-2)13-11-6-4-3-5-10(11)7-8-18-13/h3-6,12-13H,7-8H2,1-2H3. The highest BCUT2D eigenvalue weighted by atomic mass is 16.5. The molecule has 0 fully saturated rings. The lowest BCUT2D eigenvalue weighted by Crippen LogP contribution is -2.34. The summed E-state index contributed by atoms with van der Waals surface area (Å²) in [6, 6.07) is 7.73. The van der Waals surface area contributed by atoms with Gasteiger partial charge in [0.2, 0.25) is 0 Å². The highest BCUT2D eigenvalue weighted by Crippen LogP contribution is 2.34. The van der Waals surface area contributed by atoms with Crippen molar-refractivity contribution in [3.63, 3.8) is 0 Å². The summed E-state index contributed by atoms with van der Waals surface area (Å²) in [6.07, 6.45) is 0.276. The molecule has 0 aliphatic carbocycles. The normalized spacial score (nSPS) is 19.8. The highest BCUT2D eigenvalue weighted by molar-refractivity contribution is 5.98. The second-order valence-electron chi connectivity index (χ2n) is 4.35. The van der Waals surface area contributed by atoms with Crippen LogP contribution < -0.4 is 0 Å². The Morgan fingerprint density at radius 3 is 2.78 bits per heavy atom. The number of Topliss-reactive ketones (excluding diaryl/α,β-unsaturated/α-hetero) is 1. The molecule has 0 saturated carbocycles. The van der Waals surface area contributed by atoms with Crippen LogP contribution in [0.3, 0.4) is 0 Å². The lowest BCUT2D eigenvalue weighted by atomic mass is 9.87. The molecule has 0 N–H and O–H groups in total. The molecule has 0 amide bonds. The Morgan fingerprint density at radius 1 is 1.39 bits per heavy atom. The number of hydrogen-bond donors (Lipinski definition) is 0. The Hall–Kier alpha value is -1.68. The summed E-state index contributed by atoms with van der Waals surface area (Å²) in [7, 11) is 1.28. The van der Waals surface area contributed by atoms with Crippen LogP contribution in [0.25, 0.3) is 0 Å². The topological polar surface area (TPSA) is 52.6 Å². The maximum atomic E-state index is 11.7. The molecule has 4 nitrogen and oxygen atoms in total. The molecule has 0 bridgehead atoms. The third-order valence-corrected chi connectivity index (χ3v) is 3.23. The van der Waals surface area contributed by atoms with Gasteiger partial charge in [0.25, 0.3) is 0 Å². The molecule has 0 radical (unpaired) electrons. The van der Waals surface area contributed by atoms with Crippen LogP contribution in [0, 0.1) is 5.92 Å². The molecule has 2 unspecified atom stereocenters. The van der Waals surface area contributed by atoms with Gasteiger partial charge in [-0.05, 0) is 24.5 Å². The fourth-order valence-corrected chi connectivity index (χ4v) is 2.33. The predicted octanol–water partition coefficient (Wildman–Crippen LogP) is 1.68. The van der Waals surface area contributed by atoms with E-state index in [1.54, 1.807) is 0 Å². The van der Waals surface area contributed by atoms with Crippen molar-refractivity contribution in [2.45, 2.75) is 19.4 Å². The van der Waals surface area contributed by atoms with Gasteiger partial charge in [0.1, 0.15) is 17.8 Å². The highest BCUT2D eigenvalue weighted by Gasteiger charge is 2.37. The first-order valence-corrected chi connectivity index (χ1v) is 5.93. The molecule has 0 saturated heterocycles. The molecule has 4 heteroatoms. The van der Waals surface area contributed by atoms with Gasteiger partial charge in [-0.25, -0.2) is 0 Å². The van der Waals surface area contributed by atoms with E-state index in [1.807, 2.05) is 24.3 Å². The van der Waals surface area contributed by atoms with Gasteiger partial charge < -0.3 is 9.47 Å². The quantitative estimate of drug-likeness (QED) is 0.603. The van der Waals surface area contributed by atoms with Crippen molar-refractivity contribution in [1.29, 1.82) is 0 Å². The summed E-state index contributed by atoms with van der Waals surface area (Å²) in [4.78, 5) is 23.4. The molecular formula is C14H16O4. The van der Waals surface area contributed by atoms with Crippen molar-refractivity contribution in [1.82, 2.24) is 0 Å². The first kappa shape index (κ1) is 12.8. The Labute approximate surface area is 106 Å². The van der Waals surface area contributed by atoms with E-state index < -0.39 is 18.0 Å². The Morgan fingerprint density at radius 2 is 2.11 bits per heavy atom. The van der Waals surface area contributed by atoms with Crippen LogP contribution in [0.5, 0.6) is 0 Å². The van der Waals surface area contributed by atoms with Crippen LogP contribution in [-0.2, 0) is 25.5 Å². The van der Waals surface area contributed by atoms with E-state index in [-0.39, 0.29) is 5.78 Å². The van der Waals surface area contributed by atoms with E-state index in [0.717, 1.165) is 17.5 Å². The number of hydrogen-bond acceptors (Lipinski definition) is 4. The van der Waals surface area contributed by atoms with Gasteiger partial charge in [-0.2, -0.15) is 0 Å². The number of ether oxygens (including phenoxy) is 2. The van der Waals surface area contributed by atoms with Crippen LogP contribution in [0.2, 0.25) is 0 Å². The number of carbonyl (C=O) groups is 2. The van der Waals surface area contributed by atoms with Gasteiger partial charge >= 0.3 is 5.97 Å². The smallest absolute Gasteiger partial charge is 0.319 e. The van der Waals surface area contributed by atoms with Crippen LogP contribution in [-0.4, -0.2) is 25.5 Å². The third-order valence-electron chi connectivity index (χ3n) is 3.23. The zero-order chi connectivity index (χ0) is 13.1. The van der Waals surface area contributed by atoms with Crippen LogP contribution in [0.15, 0.2) is 24.3 Å². The molecular weight excluding hydrogens is 232 g/mol. The number of ketones is 1. The maximum absolute atomic E-state index is 11.7. The molecule has 2 atom stereocenters. The second-order valence-corrected chi connectivity index (χ2v) is 4.35. The molecule has 0 spiro atoms. The number of carbonyl (C=O) groups excluding carboxylic acids is 2. The third kappa shape index (κ3) is 2.29. The summed E-state index contributed by atoms with van der Waals surface area (Å²) < 4.78 is 10.3. The van der Waals surface area contributed by atoms with E-state index >= 15 is 0 Å². The maximum Gasteiger partial charge on any atom is 0.319 e. The fourth-order valence-electron chi connectivity index (χ4n) is 2.33. The number of methoxy groups -OCH3 is 1. The molecule has 0 aromatic heterocycles. The van der Waals surface area contributed by atoms with Gasteiger partial charge in [-0.15, -0.1) is 0 Å². The number of benzene rings is 1. The number of esters is 1. The molecule has 96 valence electrons. The minimum Gasteiger partial charge on any atom is -0.468 e. The van der Waals surface area contributed by atoms with Crippen LogP contribution in [0.4, 0.5) is 0 Å². The van der Waals surface area contributed by atoms with E-state index in [0.29, 0.717) is 6.61 Å². The Balaban J connectivity index is 2.38. The van der Waals surface area contributed by atoms with Crippen molar-refractivity contribution in [2.75, 3.05) is 13.7 Å². The zero-order valence-corrected chi connectivity index (χ0v) is 10.5. The van der Waals surface area contributed by atoms with Crippen LogP contribution >= 0.6 is 0 Å². The number of rotatable bonds is 3. The van der Waals surface area contributed by atoms with E-state index in [2.05, 4.69) is 0 Å². The minimum absolute atomic E-state index is 0.233. The van der Waals surface area contributed by atoms with Gasteiger partial charge in [-0.1, -0.05) is 24.3 Å².